The fourth-order valence-corrected chi connectivity index (χ4v) is 1.21. The summed E-state index contributed by atoms with van der Waals surface area (Å²) in [6, 6.07) is 4.69. The van der Waals surface area contributed by atoms with Crippen molar-refractivity contribution < 1.29 is 14.7 Å². The molecule has 16 heavy (non-hydrogen) atoms. The van der Waals surface area contributed by atoms with Crippen LogP contribution in [0, 0.1) is 4.91 Å². The number of aliphatic carboxylic acids is 1. The van der Waals surface area contributed by atoms with E-state index in [1.807, 2.05) is 0 Å². The van der Waals surface area contributed by atoms with Crippen LogP contribution in [-0.4, -0.2) is 22.9 Å². The van der Waals surface area contributed by atoms with Crippen LogP contribution in [0.15, 0.2) is 29.4 Å². The van der Waals surface area contributed by atoms with E-state index in [2.05, 4.69) is 5.18 Å². The van der Waals surface area contributed by atoms with Crippen LogP contribution >= 0.6 is 0 Å². The molecule has 6 nitrogen and oxygen atoms in total. The topological polar surface area (TPSA) is 110 Å². The lowest BCUT2D eigenvalue weighted by molar-refractivity contribution is -0.138. The summed E-state index contributed by atoms with van der Waals surface area (Å²) >= 11 is 0. The number of ketones is 1. The first-order valence-corrected chi connectivity index (χ1v) is 4.49. The van der Waals surface area contributed by atoms with Gasteiger partial charge in [0.15, 0.2) is 11.8 Å². The maximum atomic E-state index is 11.6. The molecule has 0 fully saturated rings. The van der Waals surface area contributed by atoms with E-state index in [4.69, 9.17) is 10.8 Å². The number of hydrogen-bond acceptors (Lipinski definition) is 5. The van der Waals surface area contributed by atoms with Crippen LogP contribution in [0.2, 0.25) is 0 Å². The number of carbonyl (C=O) groups excluding carboxylic acids is 1. The molecule has 84 valence electrons. The number of para-hydroxylation sites is 1. The molecule has 1 atom stereocenters. The molecule has 1 aromatic carbocycles. The van der Waals surface area contributed by atoms with E-state index in [9.17, 15) is 14.5 Å². The molecule has 0 heterocycles. The zero-order valence-electron chi connectivity index (χ0n) is 8.29. The third-order valence-corrected chi connectivity index (χ3v) is 2.05. The molecular formula is C10H10N2O4. The van der Waals surface area contributed by atoms with Gasteiger partial charge in [0.05, 0.1) is 0 Å². The second-order valence-electron chi connectivity index (χ2n) is 3.17. The molecule has 0 saturated heterocycles. The molecule has 0 unspecified atom stereocenters. The van der Waals surface area contributed by atoms with Crippen LogP contribution < -0.4 is 5.73 Å². The summed E-state index contributed by atoms with van der Waals surface area (Å²) in [5.74, 6) is -1.93. The highest BCUT2D eigenvalue weighted by molar-refractivity contribution is 6.02. The maximum Gasteiger partial charge on any atom is 0.332 e. The molecule has 0 bridgehead atoms. The molecule has 0 aliphatic rings. The quantitative estimate of drug-likeness (QED) is 0.439. The molecule has 0 aliphatic carbocycles. The molecular weight excluding hydrogens is 212 g/mol. The number of rotatable bonds is 5. The smallest absolute Gasteiger partial charge is 0.332 e. The number of hydrogen-bond donors (Lipinski definition) is 2. The van der Waals surface area contributed by atoms with Gasteiger partial charge in [0.25, 0.3) is 0 Å². The van der Waals surface area contributed by atoms with Gasteiger partial charge in [-0.15, -0.1) is 4.91 Å². The second-order valence-corrected chi connectivity index (χ2v) is 3.17. The van der Waals surface area contributed by atoms with Gasteiger partial charge in [0.1, 0.15) is 0 Å². The highest BCUT2D eigenvalue weighted by Gasteiger charge is 2.23. The molecule has 1 aromatic rings. The minimum absolute atomic E-state index is 0.206. The van der Waals surface area contributed by atoms with Gasteiger partial charge in [-0.05, 0) is 12.1 Å². The Morgan fingerprint density at radius 3 is 2.50 bits per heavy atom. The maximum absolute atomic E-state index is 11.6. The fourth-order valence-electron chi connectivity index (χ4n) is 1.21. The highest BCUT2D eigenvalue weighted by atomic mass is 16.4. The molecule has 0 saturated carbocycles. The molecule has 0 spiro atoms. The number of carboxylic acid groups (broad SMARTS) is 1. The van der Waals surface area contributed by atoms with E-state index < -0.39 is 24.2 Å². The van der Waals surface area contributed by atoms with E-state index in [1.165, 1.54) is 12.1 Å². The van der Waals surface area contributed by atoms with Crippen LogP contribution in [0.25, 0.3) is 0 Å². The van der Waals surface area contributed by atoms with Gasteiger partial charge in [0.2, 0.25) is 0 Å². The van der Waals surface area contributed by atoms with E-state index >= 15 is 0 Å². The lowest BCUT2D eigenvalue weighted by Crippen LogP contribution is -2.21. The van der Waals surface area contributed by atoms with Gasteiger partial charge in [0, 0.05) is 17.7 Å². The van der Waals surface area contributed by atoms with E-state index in [0.29, 0.717) is 0 Å². The molecule has 0 aliphatic heterocycles. The third kappa shape index (κ3) is 2.63. The predicted octanol–water partition coefficient (Wildman–Crippen LogP) is 1.06. The van der Waals surface area contributed by atoms with Crippen LogP contribution in [0.1, 0.15) is 16.8 Å². The van der Waals surface area contributed by atoms with Crippen molar-refractivity contribution in [1.82, 2.24) is 0 Å². The number of nitroso groups, excluding NO2 is 1. The van der Waals surface area contributed by atoms with Crippen molar-refractivity contribution in [2.24, 2.45) is 5.18 Å². The number of carboxylic acids is 1. The Kier molecular flexibility index (Phi) is 3.71. The zero-order valence-corrected chi connectivity index (χ0v) is 8.29. The molecule has 0 aromatic heterocycles. The van der Waals surface area contributed by atoms with Crippen molar-refractivity contribution in [2.75, 3.05) is 5.73 Å². The predicted molar refractivity (Wildman–Crippen MR) is 57.0 cm³/mol. The summed E-state index contributed by atoms with van der Waals surface area (Å²) in [4.78, 5) is 32.3. The van der Waals surface area contributed by atoms with Gasteiger partial charge in [-0.25, -0.2) is 4.79 Å². The SMILES string of the molecule is Nc1ccccc1C(=O)C[C@H](N=O)C(=O)O. The van der Waals surface area contributed by atoms with Gasteiger partial charge in [-0.1, -0.05) is 17.3 Å². The van der Waals surface area contributed by atoms with Crippen molar-refractivity contribution in [1.29, 1.82) is 0 Å². The van der Waals surface area contributed by atoms with Gasteiger partial charge in [-0.2, -0.15) is 0 Å². The summed E-state index contributed by atoms with van der Waals surface area (Å²) in [6.07, 6.45) is -0.479. The third-order valence-electron chi connectivity index (χ3n) is 2.05. The number of benzene rings is 1. The first-order valence-electron chi connectivity index (χ1n) is 4.49. The summed E-state index contributed by atoms with van der Waals surface area (Å²) in [5.41, 5.74) is 6.00. The Balaban J connectivity index is 2.84. The normalized spacial score (nSPS) is 11.8. The number of Topliss-reactive ketones (excluding diaryl/α,β-unsaturated/α-hetero) is 1. The van der Waals surface area contributed by atoms with E-state index in [0.717, 1.165) is 0 Å². The van der Waals surface area contributed by atoms with Crippen molar-refractivity contribution in [3.63, 3.8) is 0 Å². The fraction of sp³-hybridized carbons (Fsp3) is 0.200. The summed E-state index contributed by atoms with van der Waals surface area (Å²) in [7, 11) is 0. The molecule has 0 radical (unpaired) electrons. The lowest BCUT2D eigenvalue weighted by Gasteiger charge is -2.05. The molecule has 6 heteroatoms. The van der Waals surface area contributed by atoms with Crippen LogP contribution in [0.4, 0.5) is 5.69 Å². The van der Waals surface area contributed by atoms with Crippen molar-refractivity contribution in [3.8, 4) is 0 Å². The molecule has 3 N–H and O–H groups in total. The minimum Gasteiger partial charge on any atom is -0.480 e. The monoisotopic (exact) mass is 222 g/mol. The van der Waals surface area contributed by atoms with Crippen LogP contribution in [-0.2, 0) is 4.79 Å². The Bertz CT molecular complexity index is 431. The average molecular weight is 222 g/mol. The molecule has 1 rings (SSSR count). The van der Waals surface area contributed by atoms with E-state index in [1.54, 1.807) is 12.1 Å². The van der Waals surface area contributed by atoms with Crippen LogP contribution in [0.3, 0.4) is 0 Å². The largest absolute Gasteiger partial charge is 0.480 e. The summed E-state index contributed by atoms with van der Waals surface area (Å²) in [6.45, 7) is 0. The standard InChI is InChI=1S/C10H10N2O4/c11-7-4-2-1-3-6(7)9(13)5-8(12-16)10(14)15/h1-4,8H,5,11H2,(H,14,15)/t8-/m0/s1. The first kappa shape index (κ1) is 11.8. The van der Waals surface area contributed by atoms with Crippen molar-refractivity contribution in [3.05, 3.63) is 34.7 Å². The van der Waals surface area contributed by atoms with Crippen molar-refractivity contribution in [2.45, 2.75) is 12.5 Å². The Morgan fingerprint density at radius 2 is 2.00 bits per heavy atom. The highest BCUT2D eigenvalue weighted by Crippen LogP contribution is 2.14. The Morgan fingerprint density at radius 1 is 1.38 bits per heavy atom. The Hall–Kier alpha value is -2.24. The van der Waals surface area contributed by atoms with Gasteiger partial charge < -0.3 is 10.8 Å². The number of nitrogens with zero attached hydrogens (tertiary/aromatic N) is 1. The minimum atomic E-state index is -1.56. The molecule has 0 amide bonds. The van der Waals surface area contributed by atoms with E-state index in [-0.39, 0.29) is 11.3 Å². The number of carbonyl (C=O) groups is 2. The number of nitrogens with two attached hydrogens (primary N) is 1. The van der Waals surface area contributed by atoms with Gasteiger partial charge >= 0.3 is 5.97 Å². The zero-order chi connectivity index (χ0) is 12.1. The van der Waals surface area contributed by atoms with Crippen LogP contribution in [0.5, 0.6) is 0 Å². The number of nitrogen functional groups attached to an aromatic ring is 1. The average Bonchev–Trinajstić information content (AvgIpc) is 2.25. The second kappa shape index (κ2) is 5.01. The first-order chi connectivity index (χ1) is 7.56. The summed E-state index contributed by atoms with van der Waals surface area (Å²) < 4.78 is 0. The summed E-state index contributed by atoms with van der Waals surface area (Å²) in [5, 5.41) is 10.9. The van der Waals surface area contributed by atoms with Gasteiger partial charge in [-0.3, -0.25) is 4.79 Å². The number of anilines is 1. The lowest BCUT2D eigenvalue weighted by atomic mass is 10.0. The van der Waals surface area contributed by atoms with Crippen molar-refractivity contribution >= 4 is 17.4 Å². The Labute approximate surface area is 91.0 Å².